The summed E-state index contributed by atoms with van der Waals surface area (Å²) in [4.78, 5) is 0. The van der Waals surface area contributed by atoms with Crippen LogP contribution in [0.15, 0.2) is 5.16 Å². The molecule has 0 atom stereocenters. The van der Waals surface area contributed by atoms with Crippen LogP contribution in [0.4, 0.5) is 0 Å². The van der Waals surface area contributed by atoms with Gasteiger partial charge >= 0.3 is 0 Å². The summed E-state index contributed by atoms with van der Waals surface area (Å²) in [6.45, 7) is 6.45. The fourth-order valence-corrected chi connectivity index (χ4v) is 4.37. The molecule has 0 saturated carbocycles. The van der Waals surface area contributed by atoms with Crippen molar-refractivity contribution in [2.45, 2.75) is 37.7 Å². The molecule has 2 nitrogen and oxygen atoms in total. The van der Waals surface area contributed by atoms with Gasteiger partial charge in [-0.15, -0.1) is 23.5 Å². The molecule has 0 aliphatic carbocycles. The molecule has 1 saturated heterocycles. The van der Waals surface area contributed by atoms with Crippen molar-refractivity contribution in [3.8, 4) is 0 Å². The summed E-state index contributed by atoms with van der Waals surface area (Å²) < 4.78 is 0.352. The molecule has 0 amide bonds. The second-order valence-corrected chi connectivity index (χ2v) is 7.53. The molecule has 1 fully saturated rings. The lowest BCUT2D eigenvalue weighted by Gasteiger charge is -2.22. The van der Waals surface area contributed by atoms with E-state index in [0.29, 0.717) is 10.00 Å². The number of hydrogen-bond donors (Lipinski definition) is 1. The Bertz CT molecular complexity index is 210. The minimum Gasteiger partial charge on any atom is -0.411 e. The van der Waals surface area contributed by atoms with Crippen molar-refractivity contribution < 1.29 is 5.21 Å². The first-order chi connectivity index (χ1) is 6.57. The molecule has 1 aliphatic heterocycles. The van der Waals surface area contributed by atoms with Gasteiger partial charge in [0, 0.05) is 11.5 Å². The third kappa shape index (κ3) is 3.39. The maximum Gasteiger partial charge on any atom is 0.0597 e. The van der Waals surface area contributed by atoms with Gasteiger partial charge in [-0.25, -0.2) is 0 Å². The van der Waals surface area contributed by atoms with Crippen LogP contribution in [0.25, 0.3) is 0 Å². The highest BCUT2D eigenvalue weighted by atomic mass is 32.2. The first-order valence-electron chi connectivity index (χ1n) is 5.06. The Morgan fingerprint density at radius 2 is 2.00 bits per heavy atom. The zero-order valence-corrected chi connectivity index (χ0v) is 10.7. The molecule has 0 aromatic carbocycles. The van der Waals surface area contributed by atoms with Gasteiger partial charge in [0.15, 0.2) is 0 Å². The van der Waals surface area contributed by atoms with E-state index in [2.05, 4.69) is 25.9 Å². The Morgan fingerprint density at radius 1 is 1.43 bits per heavy atom. The fraction of sp³-hybridized carbons (Fsp3) is 0.900. The first kappa shape index (κ1) is 12.2. The maximum atomic E-state index is 8.83. The Balaban J connectivity index is 2.38. The van der Waals surface area contributed by atoms with E-state index in [1.165, 1.54) is 11.5 Å². The van der Waals surface area contributed by atoms with E-state index in [1.807, 2.05) is 23.5 Å². The molecule has 0 aromatic heterocycles. The molecule has 0 unspecified atom stereocenters. The smallest absolute Gasteiger partial charge is 0.0597 e. The fourth-order valence-electron chi connectivity index (χ4n) is 1.51. The summed E-state index contributed by atoms with van der Waals surface area (Å²) >= 11 is 4.07. The molecule has 4 heteroatoms. The van der Waals surface area contributed by atoms with Crippen molar-refractivity contribution >= 4 is 29.2 Å². The van der Waals surface area contributed by atoms with Crippen LogP contribution in [0.2, 0.25) is 0 Å². The van der Waals surface area contributed by atoms with E-state index >= 15 is 0 Å². The highest BCUT2D eigenvalue weighted by Gasteiger charge is 2.30. The second kappa shape index (κ2) is 5.31. The molecule has 1 aliphatic rings. The van der Waals surface area contributed by atoms with Gasteiger partial charge in [-0.05, 0) is 25.7 Å². The van der Waals surface area contributed by atoms with Gasteiger partial charge in [-0.1, -0.05) is 19.0 Å². The number of oxime groups is 1. The van der Waals surface area contributed by atoms with Crippen LogP contribution in [0, 0.1) is 5.92 Å². The van der Waals surface area contributed by atoms with Crippen LogP contribution in [0.3, 0.4) is 0 Å². The van der Waals surface area contributed by atoms with E-state index < -0.39 is 0 Å². The van der Waals surface area contributed by atoms with Crippen molar-refractivity contribution in [1.29, 1.82) is 0 Å². The minimum atomic E-state index is 0.352. The first-order valence-corrected chi connectivity index (χ1v) is 7.03. The van der Waals surface area contributed by atoms with Crippen molar-refractivity contribution in [1.82, 2.24) is 0 Å². The van der Waals surface area contributed by atoms with Crippen molar-refractivity contribution in [3.05, 3.63) is 0 Å². The summed E-state index contributed by atoms with van der Waals surface area (Å²) in [5.41, 5.74) is 0.930. The van der Waals surface area contributed by atoms with Gasteiger partial charge < -0.3 is 5.21 Å². The SMILES string of the molecule is CC(C)/C(CCC1(C)SCCS1)=N\O. The molecule has 1 heterocycles. The van der Waals surface area contributed by atoms with Crippen molar-refractivity contribution in [3.63, 3.8) is 0 Å². The second-order valence-electron chi connectivity index (χ2n) is 4.08. The largest absolute Gasteiger partial charge is 0.411 e. The van der Waals surface area contributed by atoms with E-state index in [4.69, 9.17) is 5.21 Å². The highest BCUT2D eigenvalue weighted by molar-refractivity contribution is 8.21. The molecule has 82 valence electrons. The lowest BCUT2D eigenvalue weighted by Crippen LogP contribution is -2.16. The van der Waals surface area contributed by atoms with E-state index in [-0.39, 0.29) is 0 Å². The molecule has 0 spiro atoms. The van der Waals surface area contributed by atoms with Crippen LogP contribution >= 0.6 is 23.5 Å². The molecule has 14 heavy (non-hydrogen) atoms. The average molecular weight is 233 g/mol. The van der Waals surface area contributed by atoms with Crippen LogP contribution in [-0.4, -0.2) is 26.5 Å². The maximum absolute atomic E-state index is 8.83. The molecule has 1 N–H and O–H groups in total. The van der Waals surface area contributed by atoms with Crippen LogP contribution < -0.4 is 0 Å². The number of hydrogen-bond acceptors (Lipinski definition) is 4. The summed E-state index contributed by atoms with van der Waals surface area (Å²) in [5.74, 6) is 2.88. The van der Waals surface area contributed by atoms with Gasteiger partial charge in [0.2, 0.25) is 0 Å². The van der Waals surface area contributed by atoms with Crippen LogP contribution in [-0.2, 0) is 0 Å². The monoisotopic (exact) mass is 233 g/mol. The zero-order valence-electron chi connectivity index (χ0n) is 9.12. The van der Waals surface area contributed by atoms with Gasteiger partial charge in [-0.2, -0.15) is 0 Å². The average Bonchev–Trinajstić information content (AvgIpc) is 2.53. The molecular weight excluding hydrogens is 214 g/mol. The van der Waals surface area contributed by atoms with Crippen LogP contribution in [0.1, 0.15) is 33.6 Å². The third-order valence-electron chi connectivity index (χ3n) is 2.53. The van der Waals surface area contributed by atoms with Gasteiger partial charge in [0.25, 0.3) is 0 Å². The summed E-state index contributed by atoms with van der Waals surface area (Å²) in [6.07, 6.45) is 2.03. The lowest BCUT2D eigenvalue weighted by molar-refractivity contribution is 0.314. The van der Waals surface area contributed by atoms with Crippen LogP contribution in [0.5, 0.6) is 0 Å². The Hall–Kier alpha value is 0.170. The quantitative estimate of drug-likeness (QED) is 0.458. The highest BCUT2D eigenvalue weighted by Crippen LogP contribution is 2.46. The Kier molecular flexibility index (Phi) is 4.64. The van der Waals surface area contributed by atoms with Gasteiger partial charge in [0.05, 0.1) is 9.79 Å². The normalized spacial score (nSPS) is 21.9. The zero-order chi connectivity index (χ0) is 10.6. The molecule has 0 bridgehead atoms. The lowest BCUT2D eigenvalue weighted by atomic mass is 10.0. The van der Waals surface area contributed by atoms with Gasteiger partial charge in [-0.3, -0.25) is 0 Å². The predicted octanol–water partition coefficient (Wildman–Crippen LogP) is 3.45. The minimum absolute atomic E-state index is 0.352. The Labute approximate surface area is 94.9 Å². The van der Waals surface area contributed by atoms with E-state index in [0.717, 1.165) is 18.6 Å². The standard InChI is InChI=1S/C10H19NOS2/c1-8(2)9(11-12)4-5-10(3)13-6-7-14-10/h8,12H,4-7H2,1-3H3/b11-9-. The molecule has 0 radical (unpaired) electrons. The molecule has 0 aromatic rings. The third-order valence-corrected chi connectivity index (χ3v) is 5.94. The number of nitrogens with zero attached hydrogens (tertiary/aromatic N) is 1. The Morgan fingerprint density at radius 3 is 2.43 bits per heavy atom. The van der Waals surface area contributed by atoms with Crippen molar-refractivity contribution in [2.75, 3.05) is 11.5 Å². The summed E-state index contributed by atoms with van der Waals surface area (Å²) in [6, 6.07) is 0. The summed E-state index contributed by atoms with van der Waals surface area (Å²) in [5, 5.41) is 12.2. The number of rotatable bonds is 4. The van der Waals surface area contributed by atoms with Crippen molar-refractivity contribution in [2.24, 2.45) is 11.1 Å². The predicted molar refractivity (Wildman–Crippen MR) is 66.6 cm³/mol. The van der Waals surface area contributed by atoms with E-state index in [1.54, 1.807) is 0 Å². The van der Waals surface area contributed by atoms with Gasteiger partial charge in [0.1, 0.15) is 0 Å². The molecular formula is C10H19NOS2. The number of thioether (sulfide) groups is 2. The molecule has 1 rings (SSSR count). The van der Waals surface area contributed by atoms with E-state index in [9.17, 15) is 0 Å². The summed E-state index contributed by atoms with van der Waals surface area (Å²) in [7, 11) is 0. The topological polar surface area (TPSA) is 32.6 Å².